The van der Waals surface area contributed by atoms with Crippen molar-refractivity contribution in [3.8, 4) is 11.5 Å². The van der Waals surface area contributed by atoms with Gasteiger partial charge in [-0.1, -0.05) is 12.1 Å². The van der Waals surface area contributed by atoms with E-state index >= 15 is 0 Å². The molecule has 2 saturated carbocycles. The van der Waals surface area contributed by atoms with Gasteiger partial charge in [0, 0.05) is 18.2 Å². The molecule has 2 aliphatic carbocycles. The molecule has 0 spiro atoms. The lowest BCUT2D eigenvalue weighted by Gasteiger charge is -2.27. The number of para-hydroxylation sites is 1. The molecule has 0 aliphatic heterocycles. The Bertz CT molecular complexity index is 624. The van der Waals surface area contributed by atoms with Crippen LogP contribution in [-0.4, -0.2) is 25.2 Å². The van der Waals surface area contributed by atoms with E-state index in [1.807, 2.05) is 0 Å². The molecule has 0 heterocycles. The number of rotatable bonds is 7. The fourth-order valence-electron chi connectivity index (χ4n) is 4.22. The molecule has 138 valence electrons. The first-order chi connectivity index (χ1) is 12.0. The molecule has 1 aromatic rings. The van der Waals surface area contributed by atoms with E-state index in [-0.39, 0.29) is 35.9 Å². The molecule has 3 rings (SSSR count). The zero-order chi connectivity index (χ0) is 18.0. The van der Waals surface area contributed by atoms with Crippen LogP contribution in [0.5, 0.6) is 11.5 Å². The summed E-state index contributed by atoms with van der Waals surface area (Å²) in [6, 6.07) is 4.79. The second kappa shape index (κ2) is 7.56. The molecule has 2 bridgehead atoms. The predicted molar refractivity (Wildman–Crippen MR) is 88.4 cm³/mol. The summed E-state index contributed by atoms with van der Waals surface area (Å²) in [4.78, 5) is 12.6. The summed E-state index contributed by atoms with van der Waals surface area (Å²) < 4.78 is 35.4. The van der Waals surface area contributed by atoms with E-state index < -0.39 is 6.61 Å². The first kappa shape index (κ1) is 17.9. The Kier molecular flexibility index (Phi) is 5.42. The van der Waals surface area contributed by atoms with E-state index in [0.29, 0.717) is 24.0 Å². The largest absolute Gasteiger partial charge is 0.490 e. The topological polar surface area (TPSA) is 73.6 Å². The van der Waals surface area contributed by atoms with Crippen molar-refractivity contribution in [1.82, 2.24) is 5.32 Å². The molecule has 0 aromatic heterocycles. The molecule has 1 amide bonds. The monoisotopic (exact) mass is 354 g/mol. The van der Waals surface area contributed by atoms with Crippen molar-refractivity contribution in [3.63, 3.8) is 0 Å². The van der Waals surface area contributed by atoms with Crippen molar-refractivity contribution in [3.05, 3.63) is 23.8 Å². The van der Waals surface area contributed by atoms with Gasteiger partial charge in [0.1, 0.15) is 0 Å². The van der Waals surface area contributed by atoms with Crippen LogP contribution in [0.4, 0.5) is 8.78 Å². The molecule has 4 atom stereocenters. The van der Waals surface area contributed by atoms with Gasteiger partial charge in [0.15, 0.2) is 11.5 Å². The minimum Gasteiger partial charge on any atom is -0.490 e. The van der Waals surface area contributed by atoms with Crippen LogP contribution in [0.3, 0.4) is 0 Å². The lowest BCUT2D eigenvalue weighted by Crippen LogP contribution is -2.45. The van der Waals surface area contributed by atoms with Gasteiger partial charge in [0.05, 0.1) is 12.5 Å². The highest BCUT2D eigenvalue weighted by Gasteiger charge is 2.48. The molecule has 2 fully saturated rings. The van der Waals surface area contributed by atoms with Gasteiger partial charge in [-0.05, 0) is 44.1 Å². The van der Waals surface area contributed by atoms with Crippen LogP contribution in [0.25, 0.3) is 0 Å². The molecule has 5 nitrogen and oxygen atoms in total. The lowest BCUT2D eigenvalue weighted by atomic mass is 9.84. The molecular formula is C18H24F2N2O3. The van der Waals surface area contributed by atoms with E-state index in [4.69, 9.17) is 10.5 Å². The number of hydrogen-bond acceptors (Lipinski definition) is 4. The third kappa shape index (κ3) is 3.71. The third-order valence-corrected chi connectivity index (χ3v) is 5.30. The first-order valence-corrected chi connectivity index (χ1v) is 8.74. The van der Waals surface area contributed by atoms with Crippen molar-refractivity contribution in [2.24, 2.45) is 23.5 Å². The molecule has 25 heavy (non-hydrogen) atoms. The van der Waals surface area contributed by atoms with Crippen LogP contribution >= 0.6 is 0 Å². The van der Waals surface area contributed by atoms with Gasteiger partial charge in [0.2, 0.25) is 5.91 Å². The molecule has 0 saturated heterocycles. The number of benzene rings is 1. The van der Waals surface area contributed by atoms with Gasteiger partial charge in [-0.15, -0.1) is 0 Å². The zero-order valence-electron chi connectivity index (χ0n) is 14.2. The van der Waals surface area contributed by atoms with Crippen LogP contribution in [0.1, 0.15) is 31.7 Å². The fourth-order valence-corrected chi connectivity index (χ4v) is 4.22. The SMILES string of the molecule is CCOc1cccc(CNC(=O)C2C3CCC(C3)C2N)c1OC(F)F. The second-order valence-electron chi connectivity index (χ2n) is 6.71. The summed E-state index contributed by atoms with van der Waals surface area (Å²) in [6.07, 6.45) is 3.15. The highest BCUT2D eigenvalue weighted by molar-refractivity contribution is 5.80. The van der Waals surface area contributed by atoms with E-state index in [2.05, 4.69) is 10.1 Å². The predicted octanol–water partition coefficient (Wildman–Crippen LogP) is 2.68. The maximum Gasteiger partial charge on any atom is 0.387 e. The number of ether oxygens (including phenoxy) is 2. The number of halogens is 2. The summed E-state index contributed by atoms with van der Waals surface area (Å²) in [5.74, 6) is 0.687. The van der Waals surface area contributed by atoms with Crippen molar-refractivity contribution >= 4 is 5.91 Å². The Balaban J connectivity index is 1.70. The van der Waals surface area contributed by atoms with Crippen LogP contribution < -0.4 is 20.5 Å². The van der Waals surface area contributed by atoms with Crippen LogP contribution in [-0.2, 0) is 11.3 Å². The average molecular weight is 354 g/mol. The maximum absolute atomic E-state index is 12.7. The van der Waals surface area contributed by atoms with E-state index in [1.54, 1.807) is 25.1 Å². The zero-order valence-corrected chi connectivity index (χ0v) is 14.2. The summed E-state index contributed by atoms with van der Waals surface area (Å²) in [6.45, 7) is -0.773. The Hall–Kier alpha value is -1.89. The number of carbonyl (C=O) groups excluding carboxylic acids is 1. The third-order valence-electron chi connectivity index (χ3n) is 5.30. The minimum atomic E-state index is -2.96. The smallest absolute Gasteiger partial charge is 0.387 e. The fraction of sp³-hybridized carbons (Fsp3) is 0.611. The molecular weight excluding hydrogens is 330 g/mol. The summed E-state index contributed by atoms with van der Waals surface area (Å²) in [7, 11) is 0. The van der Waals surface area contributed by atoms with E-state index in [1.165, 1.54) is 0 Å². The van der Waals surface area contributed by atoms with Gasteiger partial charge in [-0.3, -0.25) is 4.79 Å². The second-order valence-corrected chi connectivity index (χ2v) is 6.71. The summed E-state index contributed by atoms with van der Waals surface area (Å²) in [5.41, 5.74) is 6.64. The van der Waals surface area contributed by atoms with E-state index in [9.17, 15) is 13.6 Å². The number of amides is 1. The molecule has 0 radical (unpaired) electrons. The standard InChI is InChI=1S/C18H24F2N2O3/c1-2-24-13-5-3-4-12(16(13)25-18(19)20)9-22-17(23)14-10-6-7-11(8-10)15(14)21/h3-5,10-11,14-15,18H,2,6-9,21H2,1H3,(H,22,23). The van der Waals surface area contributed by atoms with Crippen LogP contribution in [0, 0.1) is 17.8 Å². The Morgan fingerprint density at radius 1 is 1.36 bits per heavy atom. The highest BCUT2D eigenvalue weighted by atomic mass is 19.3. The van der Waals surface area contributed by atoms with Gasteiger partial charge in [-0.25, -0.2) is 0 Å². The number of carbonyl (C=O) groups is 1. The number of hydrogen-bond donors (Lipinski definition) is 2. The quantitative estimate of drug-likeness (QED) is 0.790. The van der Waals surface area contributed by atoms with Gasteiger partial charge < -0.3 is 20.5 Å². The molecule has 2 aliphatic rings. The number of nitrogens with one attached hydrogen (secondary N) is 1. The van der Waals surface area contributed by atoms with Crippen molar-refractivity contribution in [2.45, 2.75) is 45.4 Å². The Labute approximate surface area is 145 Å². The molecule has 7 heteroatoms. The number of alkyl halides is 2. The van der Waals surface area contributed by atoms with Crippen LogP contribution in [0.2, 0.25) is 0 Å². The Morgan fingerprint density at radius 3 is 2.76 bits per heavy atom. The van der Waals surface area contributed by atoms with Crippen molar-refractivity contribution in [1.29, 1.82) is 0 Å². The van der Waals surface area contributed by atoms with Gasteiger partial charge in [-0.2, -0.15) is 8.78 Å². The highest BCUT2D eigenvalue weighted by Crippen LogP contribution is 2.47. The summed E-state index contributed by atoms with van der Waals surface area (Å²) in [5, 5.41) is 2.84. The normalized spacial score (nSPS) is 27.6. The van der Waals surface area contributed by atoms with E-state index in [0.717, 1.165) is 19.3 Å². The number of nitrogens with two attached hydrogens (primary N) is 1. The Morgan fingerprint density at radius 2 is 2.12 bits per heavy atom. The molecule has 4 unspecified atom stereocenters. The van der Waals surface area contributed by atoms with Gasteiger partial charge >= 0.3 is 6.61 Å². The van der Waals surface area contributed by atoms with Crippen molar-refractivity contribution < 1.29 is 23.0 Å². The van der Waals surface area contributed by atoms with Gasteiger partial charge in [0.25, 0.3) is 0 Å². The van der Waals surface area contributed by atoms with Crippen molar-refractivity contribution in [2.75, 3.05) is 6.61 Å². The maximum atomic E-state index is 12.7. The first-order valence-electron chi connectivity index (χ1n) is 8.74. The lowest BCUT2D eigenvalue weighted by molar-refractivity contribution is -0.127. The molecule has 1 aromatic carbocycles. The summed E-state index contributed by atoms with van der Waals surface area (Å²) >= 11 is 0. The average Bonchev–Trinajstić information content (AvgIpc) is 3.15. The molecule has 3 N–H and O–H groups in total. The number of fused-ring (bicyclic) bond motifs is 2. The van der Waals surface area contributed by atoms with Crippen LogP contribution in [0.15, 0.2) is 18.2 Å². The minimum absolute atomic E-state index is 0.0307.